The zero-order valence-corrected chi connectivity index (χ0v) is 18.8. The summed E-state index contributed by atoms with van der Waals surface area (Å²) in [6.07, 6.45) is 1.56. The molecule has 8 heteroatoms. The van der Waals surface area contributed by atoms with E-state index >= 15 is 0 Å². The first-order valence-electron chi connectivity index (χ1n) is 9.80. The average molecular weight is 467 g/mol. The maximum atomic E-state index is 12.9. The van der Waals surface area contributed by atoms with Crippen molar-refractivity contribution in [2.45, 2.75) is 0 Å². The third-order valence-corrected chi connectivity index (χ3v) is 5.21. The number of hydrogen-bond acceptors (Lipinski definition) is 7. The number of carbonyl (C=O) groups is 2. The van der Waals surface area contributed by atoms with Crippen LogP contribution in [0.3, 0.4) is 0 Å². The Bertz CT molecular complexity index is 1260. The van der Waals surface area contributed by atoms with Crippen molar-refractivity contribution in [3.8, 4) is 28.7 Å². The van der Waals surface area contributed by atoms with E-state index in [1.54, 1.807) is 48.5 Å². The Kier molecular flexibility index (Phi) is 6.24. The molecule has 3 aromatic rings. The van der Waals surface area contributed by atoms with Gasteiger partial charge in [-0.2, -0.15) is 0 Å². The standard InChI is InChI=1S/C25H19ClO7/c1-29-19-11-6-15(23(30-2)24(19)31-3)12-21-22(27)18-10-9-17(13-20(18)33-21)32-25(28)14-4-7-16(26)8-5-14/h4-13H,1-3H3/b21-12-. The highest BCUT2D eigenvalue weighted by Crippen LogP contribution is 2.42. The lowest BCUT2D eigenvalue weighted by Crippen LogP contribution is -2.08. The van der Waals surface area contributed by atoms with Gasteiger partial charge < -0.3 is 23.7 Å². The Hall–Kier alpha value is -3.97. The number of esters is 1. The molecule has 0 amide bonds. The predicted molar refractivity (Wildman–Crippen MR) is 122 cm³/mol. The van der Waals surface area contributed by atoms with Gasteiger partial charge in [0.25, 0.3) is 0 Å². The van der Waals surface area contributed by atoms with Gasteiger partial charge in [0.15, 0.2) is 17.3 Å². The second-order valence-corrected chi connectivity index (χ2v) is 7.35. The molecule has 0 aromatic heterocycles. The van der Waals surface area contributed by atoms with Crippen LogP contribution in [0.15, 0.2) is 60.4 Å². The second-order valence-electron chi connectivity index (χ2n) is 6.92. The number of fused-ring (bicyclic) bond motifs is 1. The van der Waals surface area contributed by atoms with Crippen LogP contribution >= 0.6 is 11.6 Å². The summed E-state index contributed by atoms with van der Waals surface area (Å²) in [5.74, 6) is 1.04. The minimum atomic E-state index is -0.554. The smallest absolute Gasteiger partial charge is 0.343 e. The molecule has 0 saturated carbocycles. The van der Waals surface area contributed by atoms with Crippen LogP contribution in [0.1, 0.15) is 26.3 Å². The number of allylic oxidation sites excluding steroid dienone is 1. The topological polar surface area (TPSA) is 80.3 Å². The molecular formula is C25H19ClO7. The third kappa shape index (κ3) is 4.36. The zero-order chi connectivity index (χ0) is 23.5. The van der Waals surface area contributed by atoms with E-state index in [1.165, 1.54) is 33.5 Å². The molecular weight excluding hydrogens is 448 g/mol. The molecule has 0 atom stereocenters. The van der Waals surface area contributed by atoms with Crippen LogP contribution in [0, 0.1) is 0 Å². The average Bonchev–Trinajstić information content (AvgIpc) is 3.13. The van der Waals surface area contributed by atoms with Crippen LogP contribution in [0.25, 0.3) is 6.08 Å². The molecule has 0 N–H and O–H groups in total. The summed E-state index contributed by atoms with van der Waals surface area (Å²) in [5, 5.41) is 0.515. The molecule has 4 rings (SSSR count). The minimum absolute atomic E-state index is 0.0942. The van der Waals surface area contributed by atoms with Crippen LogP contribution in [0.5, 0.6) is 28.7 Å². The molecule has 1 aliphatic rings. The highest BCUT2D eigenvalue weighted by atomic mass is 35.5. The van der Waals surface area contributed by atoms with Gasteiger partial charge in [0, 0.05) is 16.7 Å². The van der Waals surface area contributed by atoms with E-state index in [1.807, 2.05) is 0 Å². The van der Waals surface area contributed by atoms with Crippen molar-refractivity contribution < 1.29 is 33.3 Å². The number of carbonyl (C=O) groups excluding carboxylic acids is 2. The lowest BCUT2D eigenvalue weighted by molar-refractivity contribution is 0.0734. The fourth-order valence-corrected chi connectivity index (χ4v) is 3.49. The molecule has 0 bridgehead atoms. The normalized spacial score (nSPS) is 13.3. The molecule has 0 unspecified atom stereocenters. The molecule has 0 fully saturated rings. The molecule has 168 valence electrons. The highest BCUT2D eigenvalue weighted by Gasteiger charge is 2.29. The van der Waals surface area contributed by atoms with E-state index in [2.05, 4.69) is 0 Å². The third-order valence-electron chi connectivity index (χ3n) is 4.95. The van der Waals surface area contributed by atoms with E-state index < -0.39 is 5.97 Å². The molecule has 3 aromatic carbocycles. The highest BCUT2D eigenvalue weighted by molar-refractivity contribution is 6.30. The molecule has 1 aliphatic heterocycles. The predicted octanol–water partition coefficient (Wildman–Crippen LogP) is 5.20. The van der Waals surface area contributed by atoms with Crippen molar-refractivity contribution in [1.82, 2.24) is 0 Å². The van der Waals surface area contributed by atoms with Crippen molar-refractivity contribution in [2.24, 2.45) is 0 Å². The Morgan fingerprint density at radius 1 is 0.909 bits per heavy atom. The largest absolute Gasteiger partial charge is 0.493 e. The van der Waals surface area contributed by atoms with Crippen LogP contribution in [-0.2, 0) is 0 Å². The van der Waals surface area contributed by atoms with Crippen molar-refractivity contribution in [1.29, 1.82) is 0 Å². The van der Waals surface area contributed by atoms with Gasteiger partial charge in [-0.25, -0.2) is 4.79 Å². The number of benzene rings is 3. The fourth-order valence-electron chi connectivity index (χ4n) is 3.36. The first kappa shape index (κ1) is 22.2. The van der Waals surface area contributed by atoms with Crippen LogP contribution in [-0.4, -0.2) is 33.1 Å². The number of ketones is 1. The minimum Gasteiger partial charge on any atom is -0.493 e. The first-order chi connectivity index (χ1) is 15.9. The molecule has 1 heterocycles. The summed E-state index contributed by atoms with van der Waals surface area (Å²) in [5.41, 5.74) is 1.27. The van der Waals surface area contributed by atoms with E-state index in [-0.39, 0.29) is 23.0 Å². The molecule has 0 aliphatic carbocycles. The summed E-state index contributed by atoms with van der Waals surface area (Å²) < 4.78 is 27.3. The van der Waals surface area contributed by atoms with E-state index in [0.717, 1.165) is 0 Å². The van der Waals surface area contributed by atoms with Crippen molar-refractivity contribution in [3.63, 3.8) is 0 Å². The Labute approximate surface area is 195 Å². The first-order valence-corrected chi connectivity index (χ1v) is 10.2. The molecule has 0 radical (unpaired) electrons. The number of halogens is 1. The fraction of sp³-hybridized carbons (Fsp3) is 0.120. The van der Waals surface area contributed by atoms with Crippen molar-refractivity contribution in [2.75, 3.05) is 21.3 Å². The summed E-state index contributed by atoms with van der Waals surface area (Å²) in [7, 11) is 4.51. The Morgan fingerprint density at radius 3 is 2.30 bits per heavy atom. The van der Waals surface area contributed by atoms with Gasteiger partial charge in [-0.1, -0.05) is 11.6 Å². The van der Waals surface area contributed by atoms with Gasteiger partial charge in [-0.05, 0) is 54.6 Å². The monoisotopic (exact) mass is 466 g/mol. The maximum absolute atomic E-state index is 12.9. The SMILES string of the molecule is COc1ccc(/C=C2\Oc3cc(OC(=O)c4ccc(Cl)cc4)ccc3C2=O)c(OC)c1OC. The number of hydrogen-bond donors (Lipinski definition) is 0. The maximum Gasteiger partial charge on any atom is 0.343 e. The van der Waals surface area contributed by atoms with Gasteiger partial charge >= 0.3 is 5.97 Å². The number of ether oxygens (including phenoxy) is 5. The van der Waals surface area contributed by atoms with Gasteiger partial charge in [0.2, 0.25) is 11.5 Å². The second kappa shape index (κ2) is 9.26. The summed E-state index contributed by atoms with van der Waals surface area (Å²) in [4.78, 5) is 25.2. The molecule has 7 nitrogen and oxygen atoms in total. The van der Waals surface area contributed by atoms with Gasteiger partial charge in [-0.15, -0.1) is 0 Å². The van der Waals surface area contributed by atoms with Crippen molar-refractivity contribution in [3.05, 3.63) is 82.1 Å². The summed E-state index contributed by atoms with van der Waals surface area (Å²) in [6.45, 7) is 0. The Balaban J connectivity index is 1.60. The van der Waals surface area contributed by atoms with Gasteiger partial charge in [0.05, 0.1) is 32.5 Å². The van der Waals surface area contributed by atoms with Gasteiger partial charge in [-0.3, -0.25) is 4.79 Å². The van der Waals surface area contributed by atoms with Gasteiger partial charge in [0.1, 0.15) is 11.5 Å². The quantitative estimate of drug-likeness (QED) is 0.280. The van der Waals surface area contributed by atoms with Crippen molar-refractivity contribution >= 4 is 29.4 Å². The van der Waals surface area contributed by atoms with Crippen LogP contribution < -0.4 is 23.7 Å². The lowest BCUT2D eigenvalue weighted by Gasteiger charge is -2.14. The molecule has 0 saturated heterocycles. The Morgan fingerprint density at radius 2 is 1.64 bits per heavy atom. The van der Waals surface area contributed by atoms with Crippen LogP contribution in [0.2, 0.25) is 5.02 Å². The number of rotatable bonds is 6. The summed E-state index contributed by atoms with van der Waals surface area (Å²) >= 11 is 5.85. The van der Waals surface area contributed by atoms with E-state index in [0.29, 0.717) is 39.0 Å². The molecule has 33 heavy (non-hydrogen) atoms. The lowest BCUT2D eigenvalue weighted by atomic mass is 10.1. The van der Waals surface area contributed by atoms with Crippen LogP contribution in [0.4, 0.5) is 0 Å². The van der Waals surface area contributed by atoms with E-state index in [9.17, 15) is 9.59 Å². The molecule has 0 spiro atoms. The zero-order valence-electron chi connectivity index (χ0n) is 18.0. The number of methoxy groups -OCH3 is 3. The van der Waals surface area contributed by atoms with E-state index in [4.69, 9.17) is 35.3 Å². The summed E-state index contributed by atoms with van der Waals surface area (Å²) in [6, 6.07) is 14.3. The number of Topliss-reactive ketones (excluding diaryl/α,β-unsaturated/α-hetero) is 1.